The van der Waals surface area contributed by atoms with Gasteiger partial charge in [-0.15, -0.1) is 0 Å². The molecule has 0 spiro atoms. The number of likely N-dealkylation sites (tertiary alicyclic amines) is 2. The molecule has 4 atom stereocenters. The minimum absolute atomic E-state index is 0.103. The minimum atomic E-state index is -0.788. The monoisotopic (exact) mass is 524 g/mol. The van der Waals surface area contributed by atoms with Gasteiger partial charge in [0.25, 0.3) is 0 Å². The molecule has 3 fully saturated rings. The van der Waals surface area contributed by atoms with Crippen LogP contribution in [0.25, 0.3) is 10.4 Å². The molecule has 3 aliphatic heterocycles. The van der Waals surface area contributed by atoms with E-state index in [0.717, 1.165) is 44.5 Å². The zero-order chi connectivity index (χ0) is 27.6. The van der Waals surface area contributed by atoms with Crippen LogP contribution in [0.3, 0.4) is 0 Å². The van der Waals surface area contributed by atoms with Crippen LogP contribution in [0.1, 0.15) is 86.7 Å². The Morgan fingerprint density at radius 3 is 2.58 bits per heavy atom. The number of ketones is 1. The number of carbonyl (C=O) groups is 3. The van der Waals surface area contributed by atoms with Gasteiger partial charge in [-0.25, -0.2) is 0 Å². The first-order valence-corrected chi connectivity index (χ1v) is 13.7. The normalized spacial score (nSPS) is 25.2. The van der Waals surface area contributed by atoms with Crippen LogP contribution in [0.15, 0.2) is 23.3 Å². The van der Waals surface area contributed by atoms with E-state index in [2.05, 4.69) is 21.8 Å². The molecule has 3 aliphatic rings. The Bertz CT molecular complexity index is 1120. The molecule has 206 valence electrons. The van der Waals surface area contributed by atoms with E-state index in [1.54, 1.807) is 6.07 Å². The molecule has 1 aromatic rings. The smallest absolute Gasteiger partial charge is 0.249 e. The number of amides is 2. The number of piperidine rings is 1. The molecule has 38 heavy (non-hydrogen) atoms. The van der Waals surface area contributed by atoms with E-state index < -0.39 is 30.0 Å². The Hall–Kier alpha value is -2.94. The summed E-state index contributed by atoms with van der Waals surface area (Å²) in [6.07, 6.45) is 2.98. The van der Waals surface area contributed by atoms with E-state index in [4.69, 9.17) is 16.0 Å². The van der Waals surface area contributed by atoms with Gasteiger partial charge in [-0.1, -0.05) is 44.9 Å². The van der Waals surface area contributed by atoms with Crippen LogP contribution >= 0.6 is 0 Å². The van der Waals surface area contributed by atoms with Gasteiger partial charge in [0.05, 0.1) is 18.1 Å². The van der Waals surface area contributed by atoms with Gasteiger partial charge in [-0.2, -0.15) is 0 Å². The number of primary amides is 1. The predicted molar refractivity (Wildman–Crippen MR) is 144 cm³/mol. The van der Waals surface area contributed by atoms with Crippen molar-refractivity contribution >= 4 is 17.6 Å². The van der Waals surface area contributed by atoms with Crippen LogP contribution in [0.5, 0.6) is 0 Å². The first-order chi connectivity index (χ1) is 18.0. The summed E-state index contributed by atoms with van der Waals surface area (Å²) in [6, 6.07) is 4.31. The van der Waals surface area contributed by atoms with Crippen molar-refractivity contribution in [3.05, 3.63) is 45.3 Å². The van der Waals surface area contributed by atoms with Crippen LogP contribution in [0.2, 0.25) is 0 Å². The lowest BCUT2D eigenvalue weighted by molar-refractivity contribution is -0.138. The van der Waals surface area contributed by atoms with Crippen molar-refractivity contribution in [2.75, 3.05) is 32.8 Å². The van der Waals surface area contributed by atoms with E-state index in [-0.39, 0.29) is 30.3 Å². The number of ether oxygens (including phenoxy) is 1. The molecule has 0 unspecified atom stereocenters. The second-order valence-electron chi connectivity index (χ2n) is 12.1. The van der Waals surface area contributed by atoms with E-state index in [1.807, 2.05) is 32.9 Å². The lowest BCUT2D eigenvalue weighted by atomic mass is 9.77. The number of Topliss-reactive ketones (excluding diaryl/α,β-unsaturated/α-hetero) is 1. The summed E-state index contributed by atoms with van der Waals surface area (Å²) in [5, 5.41) is 3.81. The minimum Gasteiger partial charge on any atom is -0.367 e. The molecule has 1 aromatic carbocycles. The van der Waals surface area contributed by atoms with Crippen molar-refractivity contribution in [2.45, 2.75) is 83.4 Å². The molecular weight excluding hydrogens is 484 g/mol. The lowest BCUT2D eigenvalue weighted by Crippen LogP contribution is -2.45. The molecule has 10 nitrogen and oxygen atoms in total. The van der Waals surface area contributed by atoms with Crippen molar-refractivity contribution in [1.29, 1.82) is 0 Å². The fraction of sp³-hybridized carbons (Fsp3) is 0.679. The maximum absolute atomic E-state index is 14.3. The molecular formula is C28H40N6O4. The second kappa shape index (κ2) is 11.4. The summed E-state index contributed by atoms with van der Waals surface area (Å²) >= 11 is 0. The van der Waals surface area contributed by atoms with Crippen molar-refractivity contribution in [3.63, 3.8) is 0 Å². The van der Waals surface area contributed by atoms with E-state index in [0.29, 0.717) is 23.5 Å². The summed E-state index contributed by atoms with van der Waals surface area (Å²) < 4.78 is 5.62. The van der Waals surface area contributed by atoms with Crippen LogP contribution in [-0.2, 0) is 14.3 Å². The number of nitrogens with two attached hydrogens (primary N) is 1. The molecule has 0 saturated carbocycles. The molecule has 3 saturated heterocycles. The zero-order valence-corrected chi connectivity index (χ0v) is 22.9. The van der Waals surface area contributed by atoms with Crippen LogP contribution < -0.4 is 5.73 Å². The molecule has 10 heteroatoms. The number of carbonyl (C=O) groups excluding carboxylic acids is 3. The fourth-order valence-corrected chi connectivity index (χ4v) is 6.32. The molecule has 2 N–H and O–H groups in total. The SMILES string of the molecule is CCCN1CCC(c2ccc(C(N)=O)c([C@H](CC(C)(C)C)C(=O)N3C[C@H](N=[N+]=[N-])[C@H]4OCC(=O)[C@H]43)c2)CC1. The van der Waals surface area contributed by atoms with Crippen molar-refractivity contribution in [1.82, 2.24) is 9.80 Å². The molecule has 2 amide bonds. The maximum Gasteiger partial charge on any atom is 0.249 e. The second-order valence-corrected chi connectivity index (χ2v) is 12.1. The van der Waals surface area contributed by atoms with Gasteiger partial charge in [0.2, 0.25) is 11.8 Å². The lowest BCUT2D eigenvalue weighted by Gasteiger charge is -2.34. The van der Waals surface area contributed by atoms with Crippen molar-refractivity contribution < 1.29 is 19.1 Å². The van der Waals surface area contributed by atoms with Gasteiger partial charge in [-0.3, -0.25) is 14.4 Å². The zero-order valence-electron chi connectivity index (χ0n) is 22.9. The summed E-state index contributed by atoms with van der Waals surface area (Å²) in [5.41, 5.74) is 16.7. The van der Waals surface area contributed by atoms with Gasteiger partial charge in [-0.05, 0) is 79.4 Å². The number of benzene rings is 1. The molecule has 4 rings (SSSR count). The van der Waals surface area contributed by atoms with E-state index >= 15 is 0 Å². The average molecular weight is 525 g/mol. The highest BCUT2D eigenvalue weighted by Gasteiger charge is 2.53. The summed E-state index contributed by atoms with van der Waals surface area (Å²) in [5.74, 6) is -1.39. The summed E-state index contributed by atoms with van der Waals surface area (Å²) in [4.78, 5) is 46.5. The third-order valence-corrected chi connectivity index (χ3v) is 8.07. The highest BCUT2D eigenvalue weighted by molar-refractivity contribution is 5.99. The molecule has 0 bridgehead atoms. The highest BCUT2D eigenvalue weighted by Crippen LogP contribution is 2.40. The quantitative estimate of drug-likeness (QED) is 0.313. The fourth-order valence-electron chi connectivity index (χ4n) is 6.32. The third kappa shape index (κ3) is 5.87. The Kier molecular flexibility index (Phi) is 8.45. The average Bonchev–Trinajstić information content (AvgIpc) is 3.43. The topological polar surface area (TPSA) is 142 Å². The Balaban J connectivity index is 1.71. The molecule has 0 radical (unpaired) electrons. The molecule has 3 heterocycles. The number of fused-ring (bicyclic) bond motifs is 1. The van der Waals surface area contributed by atoms with Gasteiger partial charge < -0.3 is 20.3 Å². The van der Waals surface area contributed by atoms with Gasteiger partial charge in [0.15, 0.2) is 5.78 Å². The maximum atomic E-state index is 14.3. The Morgan fingerprint density at radius 1 is 1.26 bits per heavy atom. The number of hydrogen-bond acceptors (Lipinski definition) is 6. The van der Waals surface area contributed by atoms with Gasteiger partial charge >= 0.3 is 0 Å². The number of nitrogens with zero attached hydrogens (tertiary/aromatic N) is 5. The Morgan fingerprint density at radius 2 is 1.97 bits per heavy atom. The number of rotatable bonds is 8. The molecule has 0 aromatic heterocycles. The first kappa shape index (κ1) is 28.1. The van der Waals surface area contributed by atoms with Crippen LogP contribution in [-0.4, -0.2) is 78.4 Å². The van der Waals surface area contributed by atoms with Crippen molar-refractivity contribution in [3.8, 4) is 0 Å². The van der Waals surface area contributed by atoms with Crippen LogP contribution in [0.4, 0.5) is 0 Å². The van der Waals surface area contributed by atoms with Gasteiger partial charge in [0.1, 0.15) is 12.6 Å². The highest BCUT2D eigenvalue weighted by atomic mass is 16.5. The Labute approximate surface area is 224 Å². The predicted octanol–water partition coefficient (Wildman–Crippen LogP) is 3.75. The van der Waals surface area contributed by atoms with Crippen molar-refractivity contribution in [2.24, 2.45) is 16.3 Å². The summed E-state index contributed by atoms with van der Waals surface area (Å²) in [6.45, 7) is 11.5. The first-order valence-electron chi connectivity index (χ1n) is 13.7. The number of hydrogen-bond donors (Lipinski definition) is 1. The molecule has 0 aliphatic carbocycles. The van der Waals surface area contributed by atoms with Crippen LogP contribution in [0, 0.1) is 5.41 Å². The van der Waals surface area contributed by atoms with E-state index in [9.17, 15) is 14.4 Å². The third-order valence-electron chi connectivity index (χ3n) is 8.07. The van der Waals surface area contributed by atoms with E-state index in [1.165, 1.54) is 4.90 Å². The standard InChI is InChI=1S/C28H40N6O4/c1-5-10-33-11-8-17(9-12-33)18-6-7-19(26(29)36)20(13-18)21(14-28(2,3)4)27(37)34-15-22(31-32-30)25-24(34)23(35)16-38-25/h6-7,13,17,21-22,24-25H,5,8-12,14-16H2,1-4H3,(H2,29,36)/t21-,22-,24+,25+/m0/s1. The largest absolute Gasteiger partial charge is 0.367 e. The van der Waals surface area contributed by atoms with Gasteiger partial charge in [0, 0.05) is 17.0 Å². The summed E-state index contributed by atoms with van der Waals surface area (Å²) in [7, 11) is 0. The number of azide groups is 1.